The van der Waals surface area contributed by atoms with Crippen LogP contribution in [0.15, 0.2) is 66.4 Å². The molecule has 4 rings (SSSR count). The second kappa shape index (κ2) is 9.49. The smallest absolute Gasteiger partial charge is 0.269 e. The lowest BCUT2D eigenvalue weighted by atomic mass is 9.98. The van der Waals surface area contributed by atoms with Gasteiger partial charge in [-0.2, -0.15) is 10.4 Å². The number of nitro groups is 1. The van der Waals surface area contributed by atoms with Gasteiger partial charge in [-0.1, -0.05) is 25.1 Å². The first-order valence-corrected chi connectivity index (χ1v) is 10.8. The maximum absolute atomic E-state index is 13.0. The summed E-state index contributed by atoms with van der Waals surface area (Å²) in [6.45, 7) is 3.44. The quantitative estimate of drug-likeness (QED) is 0.249. The van der Waals surface area contributed by atoms with Crippen molar-refractivity contribution in [1.82, 2.24) is 14.7 Å². The summed E-state index contributed by atoms with van der Waals surface area (Å²) < 4.78 is 1.67. The molecule has 0 N–H and O–H groups in total. The summed E-state index contributed by atoms with van der Waals surface area (Å²) in [7, 11) is 0. The average molecular weight is 441 g/mol. The number of benzene rings is 2. The van der Waals surface area contributed by atoms with E-state index in [0.717, 1.165) is 18.5 Å². The van der Waals surface area contributed by atoms with Gasteiger partial charge in [-0.3, -0.25) is 14.9 Å². The molecule has 0 aliphatic carbocycles. The molecule has 2 aromatic carbocycles. The van der Waals surface area contributed by atoms with Crippen LogP contribution in [0.1, 0.15) is 25.3 Å². The Labute approximate surface area is 191 Å². The molecule has 1 fully saturated rings. The van der Waals surface area contributed by atoms with Gasteiger partial charge in [0.25, 0.3) is 11.6 Å². The first-order valence-electron chi connectivity index (χ1n) is 10.8. The molecule has 1 aliphatic rings. The van der Waals surface area contributed by atoms with Gasteiger partial charge < -0.3 is 4.90 Å². The van der Waals surface area contributed by atoms with Crippen LogP contribution in [0.2, 0.25) is 0 Å². The number of amides is 1. The number of hydrogen-bond donors (Lipinski definition) is 0. The second-order valence-corrected chi connectivity index (χ2v) is 8.16. The maximum atomic E-state index is 13.0. The summed E-state index contributed by atoms with van der Waals surface area (Å²) in [6, 6.07) is 17.6. The van der Waals surface area contributed by atoms with E-state index in [1.165, 1.54) is 12.1 Å². The van der Waals surface area contributed by atoms with Crippen molar-refractivity contribution in [3.63, 3.8) is 0 Å². The topological polar surface area (TPSA) is 105 Å². The highest BCUT2D eigenvalue weighted by Crippen LogP contribution is 2.28. The standard InChI is InChI=1S/C25H23N5O3/c1-18-11-13-28(14-12-18)25(31)20(16-26)15-21-17-29(22-5-3-2-4-6-22)27-24(21)19-7-9-23(10-8-19)30(32)33/h2-10,15,17-18H,11-14H2,1H3/b20-15+. The van der Waals surface area contributed by atoms with E-state index in [4.69, 9.17) is 0 Å². The van der Waals surface area contributed by atoms with Crippen molar-refractivity contribution >= 4 is 17.7 Å². The number of non-ortho nitro benzene ring substituents is 1. The number of likely N-dealkylation sites (tertiary alicyclic amines) is 1. The number of carbonyl (C=O) groups excluding carboxylic acids is 1. The third kappa shape index (κ3) is 4.83. The largest absolute Gasteiger partial charge is 0.338 e. The van der Waals surface area contributed by atoms with E-state index < -0.39 is 4.92 Å². The van der Waals surface area contributed by atoms with Crippen LogP contribution in [0.4, 0.5) is 5.69 Å². The molecular weight excluding hydrogens is 418 g/mol. The van der Waals surface area contributed by atoms with Gasteiger partial charge in [0, 0.05) is 42.5 Å². The minimum atomic E-state index is -0.459. The number of hydrogen-bond acceptors (Lipinski definition) is 5. The van der Waals surface area contributed by atoms with Crippen LogP contribution < -0.4 is 0 Å². The zero-order chi connectivity index (χ0) is 23.4. The summed E-state index contributed by atoms with van der Waals surface area (Å²) in [5.74, 6) is 0.285. The number of carbonyl (C=O) groups is 1. The van der Waals surface area contributed by atoms with Gasteiger partial charge in [0.2, 0.25) is 0 Å². The first-order chi connectivity index (χ1) is 16.0. The molecule has 1 saturated heterocycles. The lowest BCUT2D eigenvalue weighted by Gasteiger charge is -2.30. The Hall–Kier alpha value is -4.25. The number of nitro benzene ring substituents is 1. The number of aromatic nitrogens is 2. The molecule has 166 valence electrons. The monoisotopic (exact) mass is 441 g/mol. The first kappa shape index (κ1) is 22.0. The Bertz CT molecular complexity index is 1230. The molecule has 2 heterocycles. The molecule has 8 nitrogen and oxygen atoms in total. The van der Waals surface area contributed by atoms with Crippen molar-refractivity contribution in [2.45, 2.75) is 19.8 Å². The summed E-state index contributed by atoms with van der Waals surface area (Å²) in [4.78, 5) is 25.3. The number of nitriles is 1. The second-order valence-electron chi connectivity index (χ2n) is 8.16. The van der Waals surface area contributed by atoms with Gasteiger partial charge in [0.1, 0.15) is 17.3 Å². The zero-order valence-corrected chi connectivity index (χ0v) is 18.2. The van der Waals surface area contributed by atoms with Gasteiger partial charge in [-0.15, -0.1) is 0 Å². The minimum Gasteiger partial charge on any atom is -0.338 e. The predicted molar refractivity (Wildman–Crippen MR) is 124 cm³/mol. The van der Waals surface area contributed by atoms with E-state index >= 15 is 0 Å². The van der Waals surface area contributed by atoms with E-state index in [9.17, 15) is 20.2 Å². The minimum absolute atomic E-state index is 0.0226. The summed E-state index contributed by atoms with van der Waals surface area (Å²) in [5, 5.41) is 25.5. The van der Waals surface area contributed by atoms with Crippen molar-refractivity contribution in [2.24, 2.45) is 5.92 Å². The highest BCUT2D eigenvalue weighted by Gasteiger charge is 2.24. The number of para-hydroxylation sites is 1. The fraction of sp³-hybridized carbons (Fsp3) is 0.240. The molecule has 8 heteroatoms. The van der Waals surface area contributed by atoms with E-state index in [1.54, 1.807) is 34.0 Å². The van der Waals surface area contributed by atoms with Gasteiger partial charge in [-0.05, 0) is 49.1 Å². The van der Waals surface area contributed by atoms with Gasteiger partial charge in [0.15, 0.2) is 0 Å². The Morgan fingerprint density at radius 2 is 1.82 bits per heavy atom. The number of piperidine rings is 1. The predicted octanol–water partition coefficient (Wildman–Crippen LogP) is 4.61. The summed E-state index contributed by atoms with van der Waals surface area (Å²) in [5.41, 5.74) is 2.60. The van der Waals surface area contributed by atoms with Crippen LogP contribution in [0, 0.1) is 27.4 Å². The highest BCUT2D eigenvalue weighted by molar-refractivity contribution is 6.02. The Morgan fingerprint density at radius 3 is 2.42 bits per heavy atom. The third-order valence-electron chi connectivity index (χ3n) is 5.84. The fourth-order valence-electron chi connectivity index (χ4n) is 3.85. The van der Waals surface area contributed by atoms with Gasteiger partial charge in [0.05, 0.1) is 10.6 Å². The van der Waals surface area contributed by atoms with Gasteiger partial charge >= 0.3 is 0 Å². The third-order valence-corrected chi connectivity index (χ3v) is 5.84. The van der Waals surface area contributed by atoms with Gasteiger partial charge in [-0.25, -0.2) is 4.68 Å². The van der Waals surface area contributed by atoms with Crippen LogP contribution >= 0.6 is 0 Å². The van der Waals surface area contributed by atoms with E-state index in [0.29, 0.717) is 35.8 Å². The molecule has 1 aliphatic heterocycles. The molecular formula is C25H23N5O3. The SMILES string of the molecule is CC1CCN(C(=O)/C(C#N)=C/c2cn(-c3ccccc3)nc2-c2ccc([N+](=O)[O-])cc2)CC1. The van der Waals surface area contributed by atoms with Crippen molar-refractivity contribution in [3.05, 3.63) is 82.0 Å². The highest BCUT2D eigenvalue weighted by atomic mass is 16.6. The van der Waals surface area contributed by atoms with Crippen LogP contribution in [-0.2, 0) is 4.79 Å². The fourth-order valence-corrected chi connectivity index (χ4v) is 3.85. The Morgan fingerprint density at radius 1 is 1.15 bits per heavy atom. The maximum Gasteiger partial charge on any atom is 0.269 e. The summed E-state index contributed by atoms with van der Waals surface area (Å²) in [6.07, 6.45) is 5.16. The van der Waals surface area contributed by atoms with E-state index in [-0.39, 0.29) is 17.2 Å². The van der Waals surface area contributed by atoms with Crippen molar-refractivity contribution < 1.29 is 9.72 Å². The molecule has 0 bridgehead atoms. The zero-order valence-electron chi connectivity index (χ0n) is 18.2. The van der Waals surface area contributed by atoms with Crippen molar-refractivity contribution in [2.75, 3.05) is 13.1 Å². The Kier molecular flexibility index (Phi) is 6.31. The van der Waals surface area contributed by atoms with Crippen molar-refractivity contribution in [3.8, 4) is 23.0 Å². The normalized spacial score (nSPS) is 14.7. The van der Waals surface area contributed by atoms with Crippen LogP contribution in [0.3, 0.4) is 0 Å². The molecule has 3 aromatic rings. The molecule has 0 atom stereocenters. The van der Waals surface area contributed by atoms with E-state index in [2.05, 4.69) is 18.1 Å². The molecule has 0 radical (unpaired) electrons. The molecule has 1 aromatic heterocycles. The summed E-state index contributed by atoms with van der Waals surface area (Å²) >= 11 is 0. The Balaban J connectivity index is 1.75. The average Bonchev–Trinajstić information content (AvgIpc) is 3.27. The van der Waals surface area contributed by atoms with Crippen LogP contribution in [0.5, 0.6) is 0 Å². The molecule has 0 spiro atoms. The number of nitrogens with zero attached hydrogens (tertiary/aromatic N) is 5. The lowest BCUT2D eigenvalue weighted by Crippen LogP contribution is -2.38. The van der Waals surface area contributed by atoms with E-state index in [1.807, 2.05) is 30.3 Å². The molecule has 1 amide bonds. The molecule has 0 saturated carbocycles. The lowest BCUT2D eigenvalue weighted by molar-refractivity contribution is -0.384. The molecule has 33 heavy (non-hydrogen) atoms. The van der Waals surface area contributed by atoms with Crippen LogP contribution in [0.25, 0.3) is 23.0 Å². The van der Waals surface area contributed by atoms with Crippen LogP contribution in [-0.4, -0.2) is 38.6 Å². The van der Waals surface area contributed by atoms with Crippen molar-refractivity contribution in [1.29, 1.82) is 5.26 Å². The number of rotatable bonds is 5. The molecule has 0 unspecified atom stereocenters.